The summed E-state index contributed by atoms with van der Waals surface area (Å²) in [4.78, 5) is 14.9. The van der Waals surface area contributed by atoms with Gasteiger partial charge in [0.2, 0.25) is 0 Å². The fraction of sp³-hybridized carbons (Fsp3) is 0.450. The van der Waals surface area contributed by atoms with Gasteiger partial charge >= 0.3 is 0 Å². The summed E-state index contributed by atoms with van der Waals surface area (Å²) in [6.07, 6.45) is 1.78. The van der Waals surface area contributed by atoms with Gasteiger partial charge < -0.3 is 21.1 Å². The van der Waals surface area contributed by atoms with Crippen LogP contribution in [0.4, 0.5) is 4.39 Å². The van der Waals surface area contributed by atoms with E-state index in [0.29, 0.717) is 33.6 Å². The monoisotopic (exact) mass is 391 g/mol. The molecule has 3 rings (SSSR count). The molecule has 1 aliphatic carbocycles. The molecule has 1 aromatic heterocycles. The first-order chi connectivity index (χ1) is 12.8. The third-order valence-electron chi connectivity index (χ3n) is 5.18. The lowest BCUT2D eigenvalue weighted by atomic mass is 9.79. The number of aryl methyl sites for hydroxylation is 1. The van der Waals surface area contributed by atoms with Crippen LogP contribution >= 0.6 is 11.6 Å². The number of hydrogen-bond donors (Lipinski definition) is 4. The number of H-pyrrole nitrogens is 1. The molecule has 7 heteroatoms. The number of carbonyl (C=O) groups is 1. The van der Waals surface area contributed by atoms with Gasteiger partial charge in [-0.3, -0.25) is 4.79 Å². The number of benzene rings is 1. The predicted octanol–water partition coefficient (Wildman–Crippen LogP) is 3.38. The maximum atomic E-state index is 15.1. The number of halogens is 2. The van der Waals surface area contributed by atoms with Gasteiger partial charge in [-0.25, -0.2) is 4.39 Å². The molecule has 1 saturated carbocycles. The minimum Gasteiger partial charge on any atom is -0.374 e. The van der Waals surface area contributed by atoms with Crippen molar-refractivity contribution in [3.05, 3.63) is 33.7 Å². The number of hydrogen-bond acceptors (Lipinski definition) is 3. The summed E-state index contributed by atoms with van der Waals surface area (Å²) in [5.74, 6) is 4.21. The fourth-order valence-electron chi connectivity index (χ4n) is 4.03. The highest BCUT2D eigenvalue weighted by Gasteiger charge is 2.30. The number of aromatic amines is 1. The van der Waals surface area contributed by atoms with Gasteiger partial charge in [-0.15, -0.1) is 0 Å². The summed E-state index contributed by atoms with van der Waals surface area (Å²) >= 11 is 6.47. The third-order valence-corrected chi connectivity index (χ3v) is 5.66. The molecule has 0 aliphatic heterocycles. The second-order valence-electron chi connectivity index (χ2n) is 7.03. The molecule has 0 spiro atoms. The molecule has 2 aromatic rings. The highest BCUT2D eigenvalue weighted by molar-refractivity contribution is 6.36. The van der Waals surface area contributed by atoms with E-state index in [2.05, 4.69) is 22.1 Å². The van der Waals surface area contributed by atoms with Crippen molar-refractivity contribution in [3.63, 3.8) is 0 Å². The Morgan fingerprint density at radius 2 is 2.26 bits per heavy atom. The molecule has 0 bridgehead atoms. The van der Waals surface area contributed by atoms with E-state index < -0.39 is 12.0 Å². The Balaban J connectivity index is 2.03. The third kappa shape index (κ3) is 3.81. The Bertz CT molecular complexity index is 942. The van der Waals surface area contributed by atoms with E-state index in [1.807, 2.05) is 0 Å². The van der Waals surface area contributed by atoms with Gasteiger partial charge in [0, 0.05) is 28.2 Å². The molecule has 3 atom stereocenters. The van der Waals surface area contributed by atoms with E-state index in [1.165, 1.54) is 6.07 Å². The smallest absolute Gasteiger partial charge is 0.296 e. The van der Waals surface area contributed by atoms with Crippen molar-refractivity contribution in [3.8, 4) is 11.8 Å². The topological polar surface area (TPSA) is 91.1 Å². The average molecular weight is 392 g/mol. The van der Waals surface area contributed by atoms with Crippen LogP contribution in [0.15, 0.2) is 6.07 Å². The van der Waals surface area contributed by atoms with E-state index in [-0.39, 0.29) is 23.4 Å². The lowest BCUT2D eigenvalue weighted by Gasteiger charge is -2.30. The van der Waals surface area contributed by atoms with E-state index in [4.69, 9.17) is 17.3 Å². The number of amides is 1. The number of aliphatic hydroxyl groups is 1. The Morgan fingerprint density at radius 3 is 2.93 bits per heavy atom. The van der Waals surface area contributed by atoms with E-state index in [9.17, 15) is 9.90 Å². The number of nitrogens with two attached hydrogens (primary N) is 1. The molecule has 2 unspecified atom stereocenters. The van der Waals surface area contributed by atoms with E-state index in [0.717, 1.165) is 19.3 Å². The summed E-state index contributed by atoms with van der Waals surface area (Å²) in [7, 11) is 0. The zero-order valence-electron chi connectivity index (χ0n) is 15.3. The lowest BCUT2D eigenvalue weighted by molar-refractivity contribution is -0.116. The van der Waals surface area contributed by atoms with Crippen molar-refractivity contribution < 1.29 is 14.3 Å². The number of carbonyl (C=O) groups excluding carboxylic acids is 1. The standard InChI is InChI=1S/C20H23ClFN3O2/c1-3-5-15(26)25-12-7-4-6-11(8-12)16-14(22)9-13(20(23)27)19-17(16)18(21)10(2)24-19/h9,11-12,20,24,27H,4,6-8,23H2,1-2H3,(H,25,26)/t11-,12?,20?/m1/s1. The number of aliphatic hydroxyl groups excluding tert-OH is 1. The van der Waals surface area contributed by atoms with Crippen LogP contribution in [-0.4, -0.2) is 22.0 Å². The molecule has 0 saturated heterocycles. The molecule has 1 aliphatic rings. The fourth-order valence-corrected chi connectivity index (χ4v) is 4.27. The molecular formula is C20H23ClFN3O2. The number of aromatic nitrogens is 1. The summed E-state index contributed by atoms with van der Waals surface area (Å²) in [6, 6.07) is 1.21. The van der Waals surface area contributed by atoms with Crippen molar-refractivity contribution in [1.82, 2.24) is 10.3 Å². The van der Waals surface area contributed by atoms with Gasteiger partial charge in [-0.1, -0.05) is 23.9 Å². The van der Waals surface area contributed by atoms with Crippen molar-refractivity contribution in [2.24, 2.45) is 5.73 Å². The first-order valence-corrected chi connectivity index (χ1v) is 9.38. The van der Waals surface area contributed by atoms with Gasteiger partial charge in [0.15, 0.2) is 0 Å². The highest BCUT2D eigenvalue weighted by atomic mass is 35.5. The van der Waals surface area contributed by atoms with Crippen LogP contribution in [-0.2, 0) is 4.79 Å². The first-order valence-electron chi connectivity index (χ1n) is 9.00. The first kappa shape index (κ1) is 19.7. The summed E-state index contributed by atoms with van der Waals surface area (Å²) in [5.41, 5.74) is 7.66. The number of rotatable bonds is 3. The lowest BCUT2D eigenvalue weighted by Crippen LogP contribution is -2.37. The molecule has 5 N–H and O–H groups in total. The van der Waals surface area contributed by atoms with Gasteiger partial charge in [0.05, 0.1) is 10.5 Å². The van der Waals surface area contributed by atoms with Crippen LogP contribution in [0.5, 0.6) is 0 Å². The van der Waals surface area contributed by atoms with Crippen LogP contribution in [0, 0.1) is 24.6 Å². The maximum Gasteiger partial charge on any atom is 0.296 e. The normalized spacial score (nSPS) is 20.8. The number of nitrogens with one attached hydrogen (secondary N) is 2. The average Bonchev–Trinajstić information content (AvgIpc) is 2.90. The van der Waals surface area contributed by atoms with Crippen LogP contribution in [0.1, 0.15) is 61.6 Å². The van der Waals surface area contributed by atoms with Crippen LogP contribution in [0.3, 0.4) is 0 Å². The summed E-state index contributed by atoms with van der Waals surface area (Å²) in [6.45, 7) is 3.41. The maximum absolute atomic E-state index is 15.1. The second kappa shape index (κ2) is 7.89. The van der Waals surface area contributed by atoms with Crippen molar-refractivity contribution in [2.75, 3.05) is 0 Å². The Hall–Kier alpha value is -2.07. The highest BCUT2D eigenvalue weighted by Crippen LogP contribution is 2.43. The molecule has 5 nitrogen and oxygen atoms in total. The SMILES string of the molecule is CC#CC(=O)NC1CCC[C@@H](c2c(F)cc(C(N)O)c3[nH]c(C)c(Cl)c23)C1. The molecule has 144 valence electrons. The minimum absolute atomic E-state index is 0.0647. The Morgan fingerprint density at radius 1 is 1.52 bits per heavy atom. The zero-order chi connectivity index (χ0) is 19.7. The Labute approximate surface area is 162 Å². The summed E-state index contributed by atoms with van der Waals surface area (Å²) in [5, 5.41) is 13.7. The van der Waals surface area contributed by atoms with Gasteiger partial charge in [-0.2, -0.15) is 0 Å². The molecular weight excluding hydrogens is 369 g/mol. The molecule has 0 radical (unpaired) electrons. The van der Waals surface area contributed by atoms with Crippen LogP contribution in [0.2, 0.25) is 5.02 Å². The van der Waals surface area contributed by atoms with Crippen molar-refractivity contribution >= 4 is 28.4 Å². The van der Waals surface area contributed by atoms with Crippen LogP contribution < -0.4 is 11.1 Å². The van der Waals surface area contributed by atoms with Gasteiger partial charge in [-0.05, 0) is 51.0 Å². The summed E-state index contributed by atoms with van der Waals surface area (Å²) < 4.78 is 15.1. The quantitative estimate of drug-likeness (QED) is 0.477. The minimum atomic E-state index is -1.31. The number of fused-ring (bicyclic) bond motifs is 1. The second-order valence-corrected chi connectivity index (χ2v) is 7.41. The molecule has 27 heavy (non-hydrogen) atoms. The van der Waals surface area contributed by atoms with Crippen molar-refractivity contribution in [1.29, 1.82) is 0 Å². The largest absolute Gasteiger partial charge is 0.374 e. The molecule has 1 amide bonds. The predicted molar refractivity (Wildman–Crippen MR) is 104 cm³/mol. The van der Waals surface area contributed by atoms with E-state index >= 15 is 4.39 Å². The Kier molecular flexibility index (Phi) is 5.75. The molecule has 1 fully saturated rings. The zero-order valence-corrected chi connectivity index (χ0v) is 16.1. The van der Waals surface area contributed by atoms with Crippen LogP contribution in [0.25, 0.3) is 10.9 Å². The molecule has 1 heterocycles. The van der Waals surface area contributed by atoms with Gasteiger partial charge in [0.25, 0.3) is 5.91 Å². The molecule has 1 aromatic carbocycles. The van der Waals surface area contributed by atoms with Gasteiger partial charge in [0.1, 0.15) is 12.0 Å². The van der Waals surface area contributed by atoms with Crippen molar-refractivity contribution in [2.45, 2.75) is 57.7 Å². The van der Waals surface area contributed by atoms with E-state index in [1.54, 1.807) is 13.8 Å².